The van der Waals surface area contributed by atoms with E-state index >= 15 is 0 Å². The number of imidazole rings is 1. The summed E-state index contributed by atoms with van der Waals surface area (Å²) in [5.41, 5.74) is 6.14. The summed E-state index contributed by atoms with van der Waals surface area (Å²) >= 11 is 5.04. The number of anilines is 2. The van der Waals surface area contributed by atoms with E-state index in [1.54, 1.807) is 11.3 Å². The number of aromatic nitrogens is 3. The van der Waals surface area contributed by atoms with Crippen molar-refractivity contribution in [2.24, 2.45) is 0 Å². The van der Waals surface area contributed by atoms with Gasteiger partial charge in [0.05, 0.1) is 11.4 Å². The van der Waals surface area contributed by atoms with Gasteiger partial charge in [0.1, 0.15) is 11.3 Å². The van der Waals surface area contributed by atoms with E-state index in [9.17, 15) is 0 Å². The maximum absolute atomic E-state index is 4.75. The molecule has 0 radical (unpaired) electrons. The lowest BCUT2D eigenvalue weighted by atomic mass is 10.2. The van der Waals surface area contributed by atoms with Crippen molar-refractivity contribution < 1.29 is 0 Å². The van der Waals surface area contributed by atoms with Crippen molar-refractivity contribution in [3.8, 4) is 11.4 Å². The second kappa shape index (κ2) is 7.27. The number of hydrogen-bond donors (Lipinski definition) is 1. The molecule has 0 saturated heterocycles. The molecule has 4 rings (SSSR count). The summed E-state index contributed by atoms with van der Waals surface area (Å²) < 4.78 is 3.17. The third-order valence-electron chi connectivity index (χ3n) is 3.78. The van der Waals surface area contributed by atoms with Crippen molar-refractivity contribution in [1.82, 2.24) is 14.4 Å². The highest BCUT2D eigenvalue weighted by Gasteiger charge is 2.14. The molecule has 0 atom stereocenters. The Labute approximate surface area is 168 Å². The fourth-order valence-corrected chi connectivity index (χ4v) is 3.65. The number of hydrogen-bond acceptors (Lipinski definition) is 4. The Balaban J connectivity index is 0.00000182. The molecule has 0 aliphatic rings. The summed E-state index contributed by atoms with van der Waals surface area (Å²) in [6.45, 7) is 4.11. The van der Waals surface area contributed by atoms with Gasteiger partial charge >= 0.3 is 0 Å². The van der Waals surface area contributed by atoms with E-state index in [-0.39, 0.29) is 17.0 Å². The first-order valence-electron chi connectivity index (χ1n) is 7.54. The van der Waals surface area contributed by atoms with Crippen LogP contribution in [0, 0.1) is 13.8 Å². The van der Waals surface area contributed by atoms with Crippen LogP contribution in [0.5, 0.6) is 0 Å². The van der Waals surface area contributed by atoms with E-state index < -0.39 is 0 Å². The molecule has 4 aromatic rings. The first kappa shape index (κ1) is 18.1. The number of fused-ring (bicyclic) bond motifs is 1. The van der Waals surface area contributed by atoms with Crippen LogP contribution in [0.15, 0.2) is 52.4 Å². The summed E-state index contributed by atoms with van der Waals surface area (Å²) in [6, 6.07) is 12.2. The molecule has 3 heterocycles. The minimum absolute atomic E-state index is 0. The van der Waals surface area contributed by atoms with Crippen LogP contribution in [0.3, 0.4) is 0 Å². The normalized spacial score (nSPS) is 10.7. The van der Waals surface area contributed by atoms with Gasteiger partial charge in [0.25, 0.3) is 0 Å². The van der Waals surface area contributed by atoms with Crippen molar-refractivity contribution in [1.29, 1.82) is 0 Å². The lowest BCUT2D eigenvalue weighted by Crippen LogP contribution is -1.92. The Hall–Kier alpha value is -1.70. The van der Waals surface area contributed by atoms with E-state index in [0.717, 1.165) is 38.0 Å². The van der Waals surface area contributed by atoms with Gasteiger partial charge in [-0.3, -0.25) is 4.40 Å². The van der Waals surface area contributed by atoms with E-state index in [4.69, 9.17) is 4.98 Å². The van der Waals surface area contributed by atoms with Crippen molar-refractivity contribution in [3.05, 3.63) is 63.7 Å². The van der Waals surface area contributed by atoms with Gasteiger partial charge in [-0.05, 0) is 49.7 Å². The van der Waals surface area contributed by atoms with Crippen LogP contribution in [0.4, 0.5) is 10.8 Å². The highest BCUT2D eigenvalue weighted by atomic mass is 79.9. The number of nitrogens with zero attached hydrogens (tertiary/aromatic N) is 3. The minimum atomic E-state index is 0. The molecular formula is C18H16Br2N4S. The quantitative estimate of drug-likeness (QED) is 0.382. The number of halogens is 2. The zero-order valence-corrected chi connectivity index (χ0v) is 17.8. The second-order valence-electron chi connectivity index (χ2n) is 5.65. The van der Waals surface area contributed by atoms with Crippen LogP contribution in [0.2, 0.25) is 0 Å². The van der Waals surface area contributed by atoms with Crippen molar-refractivity contribution in [2.75, 3.05) is 5.32 Å². The molecule has 7 heteroatoms. The second-order valence-corrected chi connectivity index (χ2v) is 7.42. The van der Waals surface area contributed by atoms with Crippen LogP contribution < -0.4 is 5.32 Å². The molecule has 0 fully saturated rings. The minimum Gasteiger partial charge on any atom is -0.332 e. The summed E-state index contributed by atoms with van der Waals surface area (Å²) in [5.74, 6) is 0. The average Bonchev–Trinajstić information content (AvgIpc) is 3.12. The van der Waals surface area contributed by atoms with Crippen molar-refractivity contribution >= 4 is 60.7 Å². The predicted molar refractivity (Wildman–Crippen MR) is 114 cm³/mol. The summed E-state index contributed by atoms with van der Waals surface area (Å²) in [5, 5.41) is 6.29. The summed E-state index contributed by atoms with van der Waals surface area (Å²) in [7, 11) is 0. The van der Waals surface area contributed by atoms with E-state index in [0.29, 0.717) is 0 Å². The maximum atomic E-state index is 4.75. The number of nitrogens with one attached hydrogen (secondary N) is 1. The van der Waals surface area contributed by atoms with Gasteiger partial charge in [0.2, 0.25) is 0 Å². The Morgan fingerprint density at radius 1 is 1.04 bits per heavy atom. The number of aryl methyl sites for hydroxylation is 2. The Kier molecular flexibility index (Phi) is 5.27. The van der Waals surface area contributed by atoms with Gasteiger partial charge in [-0.15, -0.1) is 28.3 Å². The molecule has 128 valence electrons. The fourth-order valence-electron chi connectivity index (χ4n) is 2.67. The third-order valence-corrected chi connectivity index (χ3v) is 5.07. The number of rotatable bonds is 3. The molecule has 0 amide bonds. The fraction of sp³-hybridized carbons (Fsp3) is 0.111. The summed E-state index contributed by atoms with van der Waals surface area (Å²) in [4.78, 5) is 9.38. The van der Waals surface area contributed by atoms with Crippen LogP contribution >= 0.6 is 44.2 Å². The molecular weight excluding hydrogens is 464 g/mol. The molecule has 25 heavy (non-hydrogen) atoms. The Morgan fingerprint density at radius 3 is 2.56 bits per heavy atom. The topological polar surface area (TPSA) is 42.2 Å². The summed E-state index contributed by atoms with van der Waals surface area (Å²) in [6.07, 6.45) is 2.10. The van der Waals surface area contributed by atoms with Gasteiger partial charge in [0.15, 0.2) is 5.13 Å². The van der Waals surface area contributed by atoms with Crippen LogP contribution in [-0.2, 0) is 0 Å². The molecule has 0 aliphatic heterocycles. The molecule has 4 nitrogen and oxygen atoms in total. The van der Waals surface area contributed by atoms with Crippen LogP contribution in [0.1, 0.15) is 11.3 Å². The van der Waals surface area contributed by atoms with Gasteiger partial charge in [-0.2, -0.15) is 0 Å². The zero-order chi connectivity index (χ0) is 16.7. The third kappa shape index (κ3) is 3.63. The van der Waals surface area contributed by atoms with Crippen LogP contribution in [-0.4, -0.2) is 14.4 Å². The Morgan fingerprint density at radius 2 is 1.80 bits per heavy atom. The largest absolute Gasteiger partial charge is 0.332 e. The molecule has 0 bridgehead atoms. The Bertz CT molecular complexity index is 1020. The smallest absolute Gasteiger partial charge is 0.187 e. The first-order chi connectivity index (χ1) is 11.6. The molecule has 0 unspecified atom stereocenters. The highest BCUT2D eigenvalue weighted by molar-refractivity contribution is 9.10. The van der Waals surface area contributed by atoms with E-state index in [1.807, 2.05) is 37.3 Å². The molecule has 0 saturated carbocycles. The maximum Gasteiger partial charge on any atom is 0.187 e. The molecule has 3 aromatic heterocycles. The molecule has 0 aliphatic carbocycles. The zero-order valence-electron chi connectivity index (χ0n) is 13.7. The van der Waals surface area contributed by atoms with Crippen LogP contribution in [0.25, 0.3) is 17.0 Å². The van der Waals surface area contributed by atoms with E-state index in [2.05, 4.69) is 55.2 Å². The van der Waals surface area contributed by atoms with E-state index in [1.165, 1.54) is 5.56 Å². The molecule has 1 N–H and O–H groups in total. The average molecular weight is 480 g/mol. The lowest BCUT2D eigenvalue weighted by Gasteiger charge is -2.03. The monoisotopic (exact) mass is 478 g/mol. The highest BCUT2D eigenvalue weighted by Crippen LogP contribution is 2.30. The number of benzene rings is 1. The first-order valence-corrected chi connectivity index (χ1v) is 9.21. The van der Waals surface area contributed by atoms with Crippen molar-refractivity contribution in [3.63, 3.8) is 0 Å². The van der Waals surface area contributed by atoms with Gasteiger partial charge < -0.3 is 5.32 Å². The van der Waals surface area contributed by atoms with Gasteiger partial charge in [-0.1, -0.05) is 22.0 Å². The lowest BCUT2D eigenvalue weighted by molar-refractivity contribution is 1.15. The number of pyridine rings is 1. The van der Waals surface area contributed by atoms with Gasteiger partial charge in [0, 0.05) is 21.7 Å². The van der Waals surface area contributed by atoms with Crippen molar-refractivity contribution in [2.45, 2.75) is 13.8 Å². The number of thiazole rings is 1. The SMILES string of the molecule is Br.Cc1ccc2nc(C)c(-c3csc(Nc4ccc(Br)cc4)n3)n2c1. The molecule has 0 spiro atoms. The molecule has 1 aromatic carbocycles. The van der Waals surface area contributed by atoms with Gasteiger partial charge in [-0.25, -0.2) is 9.97 Å². The standard InChI is InChI=1S/C18H15BrN4S.BrH/c1-11-3-8-16-20-12(2)17(23(16)9-11)15-10-24-18(22-15)21-14-6-4-13(19)5-7-14;/h3-10H,1-2H3,(H,21,22);1H. The predicted octanol–water partition coefficient (Wildman–Crippen LogP) is 6.16.